The van der Waals surface area contributed by atoms with Crippen LogP contribution in [0.4, 0.5) is 4.79 Å². The number of hydrogen-bond donors (Lipinski definition) is 2. The van der Waals surface area contributed by atoms with E-state index in [1.54, 1.807) is 14.2 Å². The summed E-state index contributed by atoms with van der Waals surface area (Å²) in [5.41, 5.74) is 2.12. The van der Waals surface area contributed by atoms with Crippen molar-refractivity contribution in [3.05, 3.63) is 59.7 Å². The molecule has 3 rings (SSSR count). The average molecular weight is 354 g/mol. The van der Waals surface area contributed by atoms with Crippen molar-refractivity contribution in [2.45, 2.75) is 31.8 Å². The molecule has 26 heavy (non-hydrogen) atoms. The normalized spacial score (nSPS) is 14.8. The van der Waals surface area contributed by atoms with Crippen LogP contribution < -0.4 is 20.1 Å². The van der Waals surface area contributed by atoms with E-state index in [-0.39, 0.29) is 12.1 Å². The Kier molecular flexibility index (Phi) is 6.00. The highest BCUT2D eigenvalue weighted by Gasteiger charge is 2.29. The van der Waals surface area contributed by atoms with E-state index in [1.165, 1.54) is 12.0 Å². The minimum Gasteiger partial charge on any atom is -0.493 e. The smallest absolute Gasteiger partial charge is 0.315 e. The quantitative estimate of drug-likeness (QED) is 0.789. The Morgan fingerprint density at radius 1 is 1.08 bits per heavy atom. The lowest BCUT2D eigenvalue weighted by molar-refractivity contribution is 0.207. The van der Waals surface area contributed by atoms with Gasteiger partial charge in [-0.15, -0.1) is 0 Å². The molecule has 1 atom stereocenters. The van der Waals surface area contributed by atoms with Gasteiger partial charge in [0.2, 0.25) is 0 Å². The number of carbonyl (C=O) groups excluding carboxylic acids is 1. The number of hydrogen-bond acceptors (Lipinski definition) is 3. The van der Waals surface area contributed by atoms with Crippen LogP contribution in [0.15, 0.2) is 48.5 Å². The molecule has 2 N–H and O–H groups in total. The lowest BCUT2D eigenvalue weighted by Crippen LogP contribution is -2.41. The first-order valence-corrected chi connectivity index (χ1v) is 9.01. The average Bonchev–Trinajstić information content (AvgIpc) is 2.64. The van der Waals surface area contributed by atoms with E-state index < -0.39 is 0 Å². The van der Waals surface area contributed by atoms with E-state index in [2.05, 4.69) is 22.8 Å². The molecule has 1 unspecified atom stereocenters. The number of nitrogens with one attached hydrogen (secondary N) is 2. The number of methoxy groups -OCH3 is 2. The topological polar surface area (TPSA) is 59.6 Å². The number of amides is 2. The van der Waals surface area contributed by atoms with E-state index >= 15 is 0 Å². The number of rotatable bonds is 7. The van der Waals surface area contributed by atoms with Gasteiger partial charge in [-0.2, -0.15) is 0 Å². The molecular weight excluding hydrogens is 328 g/mol. The summed E-state index contributed by atoms with van der Waals surface area (Å²) in [5, 5.41) is 6.10. The van der Waals surface area contributed by atoms with Crippen LogP contribution in [0.1, 0.15) is 36.4 Å². The zero-order valence-electron chi connectivity index (χ0n) is 15.3. The van der Waals surface area contributed by atoms with E-state index in [0.717, 1.165) is 18.4 Å². The molecule has 2 aromatic rings. The Hall–Kier alpha value is -2.69. The fraction of sp³-hybridized carbons (Fsp3) is 0.381. The fourth-order valence-electron chi connectivity index (χ4n) is 3.27. The van der Waals surface area contributed by atoms with Crippen LogP contribution in [0.2, 0.25) is 0 Å². The minimum atomic E-state index is -0.152. The zero-order valence-corrected chi connectivity index (χ0v) is 15.3. The van der Waals surface area contributed by atoms with Gasteiger partial charge in [0.25, 0.3) is 0 Å². The van der Waals surface area contributed by atoms with Crippen molar-refractivity contribution in [3.8, 4) is 11.5 Å². The van der Waals surface area contributed by atoms with Crippen LogP contribution in [-0.2, 0) is 6.54 Å². The summed E-state index contributed by atoms with van der Waals surface area (Å²) < 4.78 is 10.5. The molecule has 1 aliphatic rings. The molecule has 2 amide bonds. The van der Waals surface area contributed by atoms with Crippen LogP contribution in [0, 0.1) is 5.92 Å². The van der Waals surface area contributed by atoms with Gasteiger partial charge in [0, 0.05) is 6.54 Å². The maximum Gasteiger partial charge on any atom is 0.315 e. The second kappa shape index (κ2) is 8.61. The largest absolute Gasteiger partial charge is 0.493 e. The summed E-state index contributed by atoms with van der Waals surface area (Å²) in [6, 6.07) is 15.7. The molecule has 138 valence electrons. The molecule has 0 heterocycles. The van der Waals surface area contributed by atoms with Gasteiger partial charge in [0.05, 0.1) is 20.3 Å². The van der Waals surface area contributed by atoms with Crippen LogP contribution >= 0.6 is 0 Å². The van der Waals surface area contributed by atoms with Crippen molar-refractivity contribution in [1.82, 2.24) is 10.6 Å². The highest BCUT2D eigenvalue weighted by molar-refractivity contribution is 5.74. The third-order valence-electron chi connectivity index (χ3n) is 4.97. The Morgan fingerprint density at radius 3 is 2.42 bits per heavy atom. The van der Waals surface area contributed by atoms with E-state index in [9.17, 15) is 4.79 Å². The summed E-state index contributed by atoms with van der Waals surface area (Å²) >= 11 is 0. The first-order chi connectivity index (χ1) is 12.7. The molecule has 0 spiro atoms. The van der Waals surface area contributed by atoms with Crippen LogP contribution in [0.3, 0.4) is 0 Å². The fourth-order valence-corrected chi connectivity index (χ4v) is 3.27. The van der Waals surface area contributed by atoms with E-state index in [1.807, 2.05) is 36.4 Å². The zero-order chi connectivity index (χ0) is 18.4. The van der Waals surface area contributed by atoms with Crippen molar-refractivity contribution in [3.63, 3.8) is 0 Å². The number of carbonyl (C=O) groups is 1. The molecular formula is C21H26N2O3. The molecule has 1 aliphatic carbocycles. The Labute approximate surface area is 154 Å². The highest BCUT2D eigenvalue weighted by Crippen LogP contribution is 2.37. The van der Waals surface area contributed by atoms with Gasteiger partial charge >= 0.3 is 6.03 Å². The molecule has 0 saturated heterocycles. The van der Waals surface area contributed by atoms with Crippen molar-refractivity contribution >= 4 is 6.03 Å². The van der Waals surface area contributed by atoms with Gasteiger partial charge in [0.1, 0.15) is 0 Å². The summed E-state index contributed by atoms with van der Waals surface area (Å²) in [4.78, 5) is 12.4. The Balaban J connectivity index is 1.60. The maximum atomic E-state index is 12.4. The molecule has 0 aliphatic heterocycles. The standard InChI is InChI=1S/C21H26N2O3/c1-25-18-12-11-15(13-19(18)26-2)14-22-21(24)23-20(17-9-6-10-17)16-7-4-3-5-8-16/h3-5,7-8,11-13,17,20H,6,9-10,14H2,1-2H3,(H2,22,23,24). The molecule has 1 fully saturated rings. The van der Waals surface area contributed by atoms with Gasteiger partial charge in [-0.3, -0.25) is 0 Å². The van der Waals surface area contributed by atoms with E-state index in [0.29, 0.717) is 24.0 Å². The number of urea groups is 1. The third-order valence-corrected chi connectivity index (χ3v) is 4.97. The SMILES string of the molecule is COc1ccc(CNC(=O)NC(c2ccccc2)C2CCC2)cc1OC. The third kappa shape index (κ3) is 4.28. The van der Waals surface area contributed by atoms with Crippen molar-refractivity contribution < 1.29 is 14.3 Å². The summed E-state index contributed by atoms with van der Waals surface area (Å²) in [5.74, 6) is 1.85. The first-order valence-electron chi connectivity index (χ1n) is 9.01. The molecule has 0 radical (unpaired) electrons. The predicted molar refractivity (Wildman–Crippen MR) is 101 cm³/mol. The summed E-state index contributed by atoms with van der Waals surface area (Å²) in [7, 11) is 3.21. The lowest BCUT2D eigenvalue weighted by atomic mass is 9.77. The molecule has 5 nitrogen and oxygen atoms in total. The number of benzene rings is 2. The summed E-state index contributed by atoms with van der Waals surface area (Å²) in [6.07, 6.45) is 3.56. The lowest BCUT2D eigenvalue weighted by Gasteiger charge is -2.34. The van der Waals surface area contributed by atoms with Gasteiger partial charge in [-0.05, 0) is 42.0 Å². The molecule has 1 saturated carbocycles. The predicted octanol–water partition coefficient (Wildman–Crippen LogP) is 4.04. The van der Waals surface area contributed by atoms with Gasteiger partial charge in [0.15, 0.2) is 11.5 Å². The van der Waals surface area contributed by atoms with E-state index in [4.69, 9.17) is 9.47 Å². The van der Waals surface area contributed by atoms with Crippen molar-refractivity contribution in [1.29, 1.82) is 0 Å². The van der Waals surface area contributed by atoms with Gasteiger partial charge in [-0.25, -0.2) is 4.79 Å². The summed E-state index contributed by atoms with van der Waals surface area (Å²) in [6.45, 7) is 0.429. The van der Waals surface area contributed by atoms with Crippen LogP contribution in [0.25, 0.3) is 0 Å². The van der Waals surface area contributed by atoms with Gasteiger partial charge < -0.3 is 20.1 Å². The van der Waals surface area contributed by atoms with Crippen LogP contribution in [-0.4, -0.2) is 20.3 Å². The molecule has 0 aromatic heterocycles. The first kappa shape index (κ1) is 18.1. The minimum absolute atomic E-state index is 0.0651. The van der Waals surface area contributed by atoms with Crippen molar-refractivity contribution in [2.75, 3.05) is 14.2 Å². The monoisotopic (exact) mass is 354 g/mol. The second-order valence-electron chi connectivity index (χ2n) is 6.60. The number of ether oxygens (including phenoxy) is 2. The molecule has 2 aromatic carbocycles. The Morgan fingerprint density at radius 2 is 1.81 bits per heavy atom. The highest BCUT2D eigenvalue weighted by atomic mass is 16.5. The van der Waals surface area contributed by atoms with Crippen molar-refractivity contribution in [2.24, 2.45) is 5.92 Å². The maximum absolute atomic E-state index is 12.4. The molecule has 5 heteroatoms. The second-order valence-corrected chi connectivity index (χ2v) is 6.60. The van der Waals surface area contributed by atoms with Gasteiger partial charge in [-0.1, -0.05) is 42.8 Å². The van der Waals surface area contributed by atoms with Crippen LogP contribution in [0.5, 0.6) is 11.5 Å². The Bertz CT molecular complexity index is 729. The molecule has 0 bridgehead atoms.